The van der Waals surface area contributed by atoms with Gasteiger partial charge in [0.15, 0.2) is 0 Å². The van der Waals surface area contributed by atoms with E-state index in [0.717, 1.165) is 25.0 Å². The van der Waals surface area contributed by atoms with Crippen molar-refractivity contribution in [3.63, 3.8) is 0 Å². The second kappa shape index (κ2) is 4.74. The summed E-state index contributed by atoms with van der Waals surface area (Å²) in [7, 11) is 0. The molecular formula is C11H15NO2. The third kappa shape index (κ3) is 2.31. The second-order valence-corrected chi connectivity index (χ2v) is 3.21. The van der Waals surface area contributed by atoms with Crippen molar-refractivity contribution in [1.82, 2.24) is 4.98 Å². The molecule has 3 heteroatoms. The molecule has 3 nitrogen and oxygen atoms in total. The minimum Gasteiger partial charge on any atom is -0.478 e. The minimum absolute atomic E-state index is 0.337. The van der Waals surface area contributed by atoms with Gasteiger partial charge in [0.1, 0.15) is 0 Å². The Morgan fingerprint density at radius 3 is 2.64 bits per heavy atom. The maximum absolute atomic E-state index is 10.9. The maximum Gasteiger partial charge on any atom is 0.337 e. The van der Waals surface area contributed by atoms with Crippen LogP contribution in [0.3, 0.4) is 0 Å². The highest BCUT2D eigenvalue weighted by Crippen LogP contribution is 2.10. The molecule has 0 spiro atoms. The molecule has 1 rings (SSSR count). The van der Waals surface area contributed by atoms with Crippen LogP contribution in [0.4, 0.5) is 0 Å². The largest absolute Gasteiger partial charge is 0.478 e. The second-order valence-electron chi connectivity index (χ2n) is 3.21. The van der Waals surface area contributed by atoms with E-state index in [1.54, 1.807) is 12.1 Å². The molecule has 0 saturated heterocycles. The Labute approximate surface area is 83.8 Å². The lowest BCUT2D eigenvalue weighted by molar-refractivity contribution is 0.0695. The molecular weight excluding hydrogens is 178 g/mol. The number of pyridine rings is 1. The molecule has 0 amide bonds. The number of carboxylic acid groups (broad SMARTS) is 1. The molecule has 14 heavy (non-hydrogen) atoms. The molecule has 0 fully saturated rings. The van der Waals surface area contributed by atoms with Crippen LogP contribution in [0.1, 0.15) is 42.0 Å². The number of hydrogen-bond acceptors (Lipinski definition) is 2. The van der Waals surface area contributed by atoms with Crippen LogP contribution in [-0.2, 0) is 12.8 Å². The zero-order valence-electron chi connectivity index (χ0n) is 8.58. The van der Waals surface area contributed by atoms with Crippen LogP contribution >= 0.6 is 0 Å². The van der Waals surface area contributed by atoms with Crippen LogP contribution in [0.2, 0.25) is 0 Å². The van der Waals surface area contributed by atoms with Crippen LogP contribution < -0.4 is 0 Å². The SMILES string of the molecule is CCCc1nc(CC)ccc1C(=O)O. The van der Waals surface area contributed by atoms with Crippen molar-refractivity contribution in [3.05, 3.63) is 29.1 Å². The van der Waals surface area contributed by atoms with Gasteiger partial charge in [0.2, 0.25) is 0 Å². The summed E-state index contributed by atoms with van der Waals surface area (Å²) >= 11 is 0. The first kappa shape index (κ1) is 10.7. The monoisotopic (exact) mass is 193 g/mol. The van der Waals surface area contributed by atoms with Gasteiger partial charge >= 0.3 is 5.97 Å². The summed E-state index contributed by atoms with van der Waals surface area (Å²) < 4.78 is 0. The molecule has 1 aromatic heterocycles. The molecule has 0 aliphatic rings. The zero-order valence-corrected chi connectivity index (χ0v) is 8.58. The van der Waals surface area contributed by atoms with Gasteiger partial charge in [0.05, 0.1) is 11.3 Å². The summed E-state index contributed by atoms with van der Waals surface area (Å²) in [6.07, 6.45) is 2.49. The van der Waals surface area contributed by atoms with Gasteiger partial charge in [-0.15, -0.1) is 0 Å². The minimum atomic E-state index is -0.886. The average molecular weight is 193 g/mol. The molecule has 1 heterocycles. The molecule has 1 N–H and O–H groups in total. The van der Waals surface area contributed by atoms with Gasteiger partial charge in [0, 0.05) is 5.69 Å². The van der Waals surface area contributed by atoms with Gasteiger partial charge in [-0.25, -0.2) is 4.79 Å². The van der Waals surface area contributed by atoms with E-state index in [9.17, 15) is 4.79 Å². The first-order valence-corrected chi connectivity index (χ1v) is 4.91. The number of aryl methyl sites for hydroxylation is 2. The third-order valence-electron chi connectivity index (χ3n) is 2.11. The molecule has 0 unspecified atom stereocenters. The maximum atomic E-state index is 10.9. The fourth-order valence-corrected chi connectivity index (χ4v) is 1.37. The quantitative estimate of drug-likeness (QED) is 0.798. The van der Waals surface area contributed by atoms with Crippen molar-refractivity contribution >= 4 is 5.97 Å². The van der Waals surface area contributed by atoms with Gasteiger partial charge in [-0.3, -0.25) is 4.98 Å². The Kier molecular flexibility index (Phi) is 3.63. The molecule has 0 radical (unpaired) electrons. The van der Waals surface area contributed by atoms with E-state index < -0.39 is 5.97 Å². The van der Waals surface area contributed by atoms with Crippen LogP contribution in [0.25, 0.3) is 0 Å². The van der Waals surface area contributed by atoms with E-state index in [4.69, 9.17) is 5.11 Å². The van der Waals surface area contributed by atoms with Gasteiger partial charge in [-0.05, 0) is 25.0 Å². The molecule has 0 aromatic carbocycles. The number of carbonyl (C=O) groups is 1. The lowest BCUT2D eigenvalue weighted by Crippen LogP contribution is -2.06. The Bertz CT molecular complexity index is 334. The molecule has 1 aromatic rings. The van der Waals surface area contributed by atoms with E-state index in [0.29, 0.717) is 11.3 Å². The Morgan fingerprint density at radius 2 is 2.14 bits per heavy atom. The number of rotatable bonds is 4. The zero-order chi connectivity index (χ0) is 10.6. The molecule has 0 atom stereocenters. The third-order valence-corrected chi connectivity index (χ3v) is 2.11. The summed E-state index contributed by atoms with van der Waals surface area (Å²) in [5.41, 5.74) is 2.00. The van der Waals surface area contributed by atoms with Gasteiger partial charge in [-0.1, -0.05) is 20.3 Å². The van der Waals surface area contributed by atoms with Crippen LogP contribution in [0, 0.1) is 0 Å². The Balaban J connectivity index is 3.10. The number of aromatic carboxylic acids is 1. The van der Waals surface area contributed by atoms with E-state index >= 15 is 0 Å². The van der Waals surface area contributed by atoms with Crippen molar-refractivity contribution in [3.8, 4) is 0 Å². The lowest BCUT2D eigenvalue weighted by atomic mass is 10.1. The van der Waals surface area contributed by atoms with Crippen LogP contribution in [0.15, 0.2) is 12.1 Å². The van der Waals surface area contributed by atoms with Gasteiger partial charge < -0.3 is 5.11 Å². The van der Waals surface area contributed by atoms with Gasteiger partial charge in [0.25, 0.3) is 0 Å². The number of nitrogens with zero attached hydrogens (tertiary/aromatic N) is 1. The fourth-order valence-electron chi connectivity index (χ4n) is 1.37. The highest BCUT2D eigenvalue weighted by molar-refractivity contribution is 5.88. The van der Waals surface area contributed by atoms with Crippen LogP contribution in [0.5, 0.6) is 0 Å². The average Bonchev–Trinajstić information content (AvgIpc) is 2.17. The van der Waals surface area contributed by atoms with Crippen molar-refractivity contribution in [2.75, 3.05) is 0 Å². The Hall–Kier alpha value is -1.38. The van der Waals surface area contributed by atoms with E-state index in [2.05, 4.69) is 4.98 Å². The van der Waals surface area contributed by atoms with E-state index in [-0.39, 0.29) is 0 Å². The first-order valence-electron chi connectivity index (χ1n) is 4.91. The molecule has 0 saturated carbocycles. The van der Waals surface area contributed by atoms with E-state index in [1.807, 2.05) is 13.8 Å². The summed E-state index contributed by atoms with van der Waals surface area (Å²) in [5.74, 6) is -0.886. The van der Waals surface area contributed by atoms with Gasteiger partial charge in [-0.2, -0.15) is 0 Å². The number of aromatic nitrogens is 1. The van der Waals surface area contributed by atoms with Crippen molar-refractivity contribution in [2.24, 2.45) is 0 Å². The first-order chi connectivity index (χ1) is 6.69. The summed E-state index contributed by atoms with van der Waals surface area (Å²) in [4.78, 5) is 15.2. The summed E-state index contributed by atoms with van der Waals surface area (Å²) in [6.45, 7) is 4.03. The lowest BCUT2D eigenvalue weighted by Gasteiger charge is -2.05. The van der Waals surface area contributed by atoms with Crippen LogP contribution in [-0.4, -0.2) is 16.1 Å². The number of carboxylic acids is 1. The predicted octanol–water partition coefficient (Wildman–Crippen LogP) is 2.29. The van der Waals surface area contributed by atoms with Crippen molar-refractivity contribution in [2.45, 2.75) is 33.1 Å². The predicted molar refractivity (Wildman–Crippen MR) is 54.6 cm³/mol. The molecule has 0 aliphatic carbocycles. The highest BCUT2D eigenvalue weighted by atomic mass is 16.4. The fraction of sp³-hybridized carbons (Fsp3) is 0.455. The standard InChI is InChI=1S/C11H15NO2/c1-3-5-10-9(11(13)14)7-6-8(4-2)12-10/h6-7H,3-5H2,1-2H3,(H,13,14). The highest BCUT2D eigenvalue weighted by Gasteiger charge is 2.10. The Morgan fingerprint density at radius 1 is 1.43 bits per heavy atom. The topological polar surface area (TPSA) is 50.2 Å². The summed E-state index contributed by atoms with van der Waals surface area (Å²) in [6, 6.07) is 3.43. The smallest absolute Gasteiger partial charge is 0.337 e. The molecule has 76 valence electrons. The normalized spacial score (nSPS) is 10.1. The van der Waals surface area contributed by atoms with Crippen molar-refractivity contribution in [1.29, 1.82) is 0 Å². The molecule has 0 aliphatic heterocycles. The molecule has 0 bridgehead atoms. The number of hydrogen-bond donors (Lipinski definition) is 1. The van der Waals surface area contributed by atoms with Crippen molar-refractivity contribution < 1.29 is 9.90 Å². The summed E-state index contributed by atoms with van der Waals surface area (Å²) in [5, 5.41) is 8.92. The van der Waals surface area contributed by atoms with E-state index in [1.165, 1.54) is 0 Å².